The summed E-state index contributed by atoms with van der Waals surface area (Å²) >= 11 is 0. The SMILES string of the molecule is Cc1cccc(OCCNC(=O)CN2CCN(c3ncnc4c3cnn4C)CC2)c1. The third-order valence-corrected chi connectivity index (χ3v) is 5.23. The number of aryl methyl sites for hydroxylation is 2. The third-order valence-electron chi connectivity index (χ3n) is 5.23. The van der Waals surface area contributed by atoms with Gasteiger partial charge < -0.3 is 15.0 Å². The average Bonchev–Trinajstić information content (AvgIpc) is 3.13. The summed E-state index contributed by atoms with van der Waals surface area (Å²) in [5.74, 6) is 1.76. The molecular weight excluding hydrogens is 382 g/mol. The van der Waals surface area contributed by atoms with Crippen molar-refractivity contribution in [1.29, 1.82) is 0 Å². The minimum atomic E-state index is 0.0213. The van der Waals surface area contributed by atoms with Crippen LogP contribution < -0.4 is 15.0 Å². The molecule has 9 nitrogen and oxygen atoms in total. The van der Waals surface area contributed by atoms with Crippen molar-refractivity contribution in [2.24, 2.45) is 7.05 Å². The topological polar surface area (TPSA) is 88.4 Å². The van der Waals surface area contributed by atoms with E-state index in [4.69, 9.17) is 4.74 Å². The number of nitrogens with zero attached hydrogens (tertiary/aromatic N) is 6. The first-order valence-corrected chi connectivity index (χ1v) is 10.2. The molecule has 3 aromatic rings. The highest BCUT2D eigenvalue weighted by Crippen LogP contribution is 2.23. The van der Waals surface area contributed by atoms with Gasteiger partial charge in [0.25, 0.3) is 0 Å². The molecule has 3 heterocycles. The number of carbonyl (C=O) groups excluding carboxylic acids is 1. The molecule has 158 valence electrons. The van der Waals surface area contributed by atoms with Crippen LogP contribution in [0.2, 0.25) is 0 Å². The van der Waals surface area contributed by atoms with E-state index in [1.165, 1.54) is 0 Å². The molecule has 1 amide bonds. The number of carbonyl (C=O) groups is 1. The number of hydrogen-bond donors (Lipinski definition) is 1. The van der Waals surface area contributed by atoms with Gasteiger partial charge in [0.1, 0.15) is 24.5 Å². The molecule has 0 radical (unpaired) electrons. The maximum absolute atomic E-state index is 12.3. The summed E-state index contributed by atoms with van der Waals surface area (Å²) in [6, 6.07) is 7.89. The molecule has 1 aliphatic heterocycles. The molecule has 9 heteroatoms. The summed E-state index contributed by atoms with van der Waals surface area (Å²) in [5, 5.41) is 8.17. The molecule has 0 aliphatic carbocycles. The zero-order valence-electron chi connectivity index (χ0n) is 17.4. The van der Waals surface area contributed by atoms with Gasteiger partial charge >= 0.3 is 0 Å². The predicted octanol–water partition coefficient (Wildman–Crippen LogP) is 0.989. The van der Waals surface area contributed by atoms with Gasteiger partial charge in [0, 0.05) is 33.2 Å². The van der Waals surface area contributed by atoms with Crippen LogP contribution in [-0.4, -0.2) is 76.4 Å². The summed E-state index contributed by atoms with van der Waals surface area (Å²) in [4.78, 5) is 25.4. The Morgan fingerprint density at radius 3 is 2.83 bits per heavy atom. The van der Waals surface area contributed by atoms with Crippen molar-refractivity contribution in [1.82, 2.24) is 30.0 Å². The number of fused-ring (bicyclic) bond motifs is 1. The number of aromatic nitrogens is 4. The van der Waals surface area contributed by atoms with E-state index in [2.05, 4.69) is 30.2 Å². The van der Waals surface area contributed by atoms with Crippen molar-refractivity contribution in [2.45, 2.75) is 6.92 Å². The van der Waals surface area contributed by atoms with Gasteiger partial charge in [-0.3, -0.25) is 14.4 Å². The van der Waals surface area contributed by atoms with Crippen LogP contribution in [0.25, 0.3) is 11.0 Å². The standard InChI is InChI=1S/C21H27N7O2/c1-16-4-3-5-17(12-16)30-11-6-22-19(29)14-27-7-9-28(10-8-27)21-18-13-25-26(2)20(18)23-15-24-21/h3-5,12-13,15H,6-11,14H2,1-2H3,(H,22,29). The van der Waals surface area contributed by atoms with Gasteiger partial charge in [-0.1, -0.05) is 12.1 Å². The average molecular weight is 409 g/mol. The molecule has 0 unspecified atom stereocenters. The number of hydrogen-bond acceptors (Lipinski definition) is 7. The monoisotopic (exact) mass is 409 g/mol. The Morgan fingerprint density at radius 2 is 2.03 bits per heavy atom. The highest BCUT2D eigenvalue weighted by molar-refractivity contribution is 5.86. The van der Waals surface area contributed by atoms with Crippen molar-refractivity contribution in [3.63, 3.8) is 0 Å². The van der Waals surface area contributed by atoms with Crippen LogP contribution in [0, 0.1) is 6.92 Å². The molecule has 1 aliphatic rings. The Kier molecular flexibility index (Phi) is 6.08. The second-order valence-electron chi connectivity index (χ2n) is 7.48. The fourth-order valence-corrected chi connectivity index (χ4v) is 3.64. The lowest BCUT2D eigenvalue weighted by Crippen LogP contribution is -2.50. The number of piperazine rings is 1. The highest BCUT2D eigenvalue weighted by atomic mass is 16.5. The molecule has 1 N–H and O–H groups in total. The van der Waals surface area contributed by atoms with Gasteiger partial charge in [-0.15, -0.1) is 0 Å². The van der Waals surface area contributed by atoms with E-state index >= 15 is 0 Å². The Hall–Kier alpha value is -3.20. The van der Waals surface area contributed by atoms with Gasteiger partial charge in [-0.05, 0) is 24.6 Å². The van der Waals surface area contributed by atoms with Crippen molar-refractivity contribution in [2.75, 3.05) is 50.8 Å². The molecule has 1 fully saturated rings. The van der Waals surface area contributed by atoms with E-state index in [1.54, 1.807) is 11.0 Å². The van der Waals surface area contributed by atoms with Crippen molar-refractivity contribution in [3.8, 4) is 5.75 Å². The fraction of sp³-hybridized carbons (Fsp3) is 0.429. The number of benzene rings is 1. The number of rotatable bonds is 7. The summed E-state index contributed by atoms with van der Waals surface area (Å²) in [6.45, 7) is 6.60. The molecule has 1 aromatic carbocycles. The number of ether oxygens (including phenoxy) is 1. The van der Waals surface area contributed by atoms with Crippen LogP contribution in [-0.2, 0) is 11.8 Å². The van der Waals surface area contributed by atoms with Gasteiger partial charge in [-0.25, -0.2) is 9.97 Å². The number of anilines is 1. The maximum atomic E-state index is 12.3. The van der Waals surface area contributed by atoms with E-state index < -0.39 is 0 Å². The molecule has 1 saturated heterocycles. The van der Waals surface area contributed by atoms with Gasteiger partial charge in [0.2, 0.25) is 5.91 Å². The van der Waals surface area contributed by atoms with Crippen LogP contribution in [0.1, 0.15) is 5.56 Å². The normalized spacial score (nSPS) is 14.8. The van der Waals surface area contributed by atoms with E-state index in [9.17, 15) is 4.79 Å². The Bertz CT molecular complexity index is 1010. The van der Waals surface area contributed by atoms with Gasteiger partial charge in [0.05, 0.1) is 24.7 Å². The van der Waals surface area contributed by atoms with Crippen molar-refractivity contribution in [3.05, 3.63) is 42.4 Å². The first-order valence-electron chi connectivity index (χ1n) is 10.2. The highest BCUT2D eigenvalue weighted by Gasteiger charge is 2.22. The predicted molar refractivity (Wildman–Crippen MR) is 115 cm³/mol. The van der Waals surface area contributed by atoms with Crippen molar-refractivity contribution < 1.29 is 9.53 Å². The smallest absolute Gasteiger partial charge is 0.234 e. The van der Waals surface area contributed by atoms with Crippen LogP contribution in [0.4, 0.5) is 5.82 Å². The summed E-state index contributed by atoms with van der Waals surface area (Å²) in [6.07, 6.45) is 3.39. The largest absolute Gasteiger partial charge is 0.492 e. The first kappa shape index (κ1) is 20.1. The Labute approximate surface area is 175 Å². The van der Waals surface area contributed by atoms with E-state index in [0.717, 1.165) is 54.3 Å². The lowest BCUT2D eigenvalue weighted by atomic mass is 10.2. The second kappa shape index (κ2) is 9.08. The van der Waals surface area contributed by atoms with Crippen LogP contribution in [0.15, 0.2) is 36.8 Å². The molecule has 4 rings (SSSR count). The zero-order valence-corrected chi connectivity index (χ0v) is 17.4. The molecule has 0 spiro atoms. The van der Waals surface area contributed by atoms with E-state index in [0.29, 0.717) is 19.7 Å². The minimum Gasteiger partial charge on any atom is -0.492 e. The lowest BCUT2D eigenvalue weighted by Gasteiger charge is -2.35. The maximum Gasteiger partial charge on any atom is 0.234 e. The second-order valence-corrected chi connectivity index (χ2v) is 7.48. The molecule has 0 saturated carbocycles. The zero-order chi connectivity index (χ0) is 20.9. The van der Waals surface area contributed by atoms with Gasteiger partial charge in [-0.2, -0.15) is 5.10 Å². The molecule has 30 heavy (non-hydrogen) atoms. The summed E-state index contributed by atoms with van der Waals surface area (Å²) in [5.41, 5.74) is 1.98. The summed E-state index contributed by atoms with van der Waals surface area (Å²) < 4.78 is 7.43. The van der Waals surface area contributed by atoms with E-state index in [1.807, 2.05) is 44.4 Å². The first-order chi connectivity index (χ1) is 14.6. The molecule has 2 aromatic heterocycles. The molecule has 0 atom stereocenters. The van der Waals surface area contributed by atoms with Crippen LogP contribution in [0.3, 0.4) is 0 Å². The van der Waals surface area contributed by atoms with Crippen LogP contribution >= 0.6 is 0 Å². The summed E-state index contributed by atoms with van der Waals surface area (Å²) in [7, 11) is 1.88. The molecule has 0 bridgehead atoms. The quantitative estimate of drug-likeness (QED) is 0.582. The molecular formula is C21H27N7O2. The van der Waals surface area contributed by atoms with E-state index in [-0.39, 0.29) is 5.91 Å². The minimum absolute atomic E-state index is 0.0213. The van der Waals surface area contributed by atoms with Gasteiger partial charge in [0.15, 0.2) is 5.65 Å². The third kappa shape index (κ3) is 4.68. The van der Waals surface area contributed by atoms with Crippen molar-refractivity contribution >= 4 is 22.8 Å². The lowest BCUT2D eigenvalue weighted by molar-refractivity contribution is -0.122. The Morgan fingerprint density at radius 1 is 1.20 bits per heavy atom. The van der Waals surface area contributed by atoms with Crippen LogP contribution in [0.5, 0.6) is 5.75 Å². The number of nitrogens with one attached hydrogen (secondary N) is 1. The Balaban J connectivity index is 1.20. The fourth-order valence-electron chi connectivity index (χ4n) is 3.64. The number of amides is 1.